The quantitative estimate of drug-likeness (QED) is 0.316. The summed E-state index contributed by atoms with van der Waals surface area (Å²) in [6, 6.07) is 4.22. The van der Waals surface area contributed by atoms with Gasteiger partial charge in [-0.15, -0.1) is 24.0 Å². The molecule has 0 spiro atoms. The highest BCUT2D eigenvalue weighted by Crippen LogP contribution is 2.26. The standard InChI is InChI=1S/C20H32N4O3S.HI/c1-2-26-20(25)24-11-8-16(9-12-24)23-19(22-15-18-6-4-14-28-18)21-10-7-17-5-3-13-27-17;/h3,5,13,16,18H,2,4,6-12,14-15H2,1H3,(H2,21,22,23);1H. The molecule has 29 heavy (non-hydrogen) atoms. The van der Waals surface area contributed by atoms with Crippen molar-refractivity contribution in [2.24, 2.45) is 4.99 Å². The molecule has 164 valence electrons. The fourth-order valence-corrected chi connectivity index (χ4v) is 4.69. The van der Waals surface area contributed by atoms with Crippen LogP contribution in [0, 0.1) is 0 Å². The Morgan fingerprint density at radius 2 is 2.21 bits per heavy atom. The van der Waals surface area contributed by atoms with Gasteiger partial charge >= 0.3 is 6.09 Å². The summed E-state index contributed by atoms with van der Waals surface area (Å²) in [5, 5.41) is 7.65. The minimum Gasteiger partial charge on any atom is -0.469 e. The number of aliphatic imine (C=N–C) groups is 1. The molecular weight excluding hydrogens is 503 g/mol. The molecule has 3 rings (SSSR count). The molecule has 2 aliphatic rings. The number of hydrogen-bond donors (Lipinski definition) is 2. The first kappa shape index (κ1) is 24.2. The number of guanidine groups is 1. The minimum atomic E-state index is -0.204. The third-order valence-corrected chi connectivity index (χ3v) is 6.46. The number of likely N-dealkylation sites (tertiary alicyclic amines) is 1. The zero-order valence-electron chi connectivity index (χ0n) is 17.1. The van der Waals surface area contributed by atoms with E-state index < -0.39 is 0 Å². The number of carbonyl (C=O) groups is 1. The van der Waals surface area contributed by atoms with Gasteiger partial charge in [-0.05, 0) is 50.5 Å². The van der Waals surface area contributed by atoms with Crippen molar-refractivity contribution in [2.75, 3.05) is 38.5 Å². The highest BCUT2D eigenvalue weighted by atomic mass is 127. The van der Waals surface area contributed by atoms with Gasteiger partial charge in [0.25, 0.3) is 0 Å². The molecule has 0 aliphatic carbocycles. The van der Waals surface area contributed by atoms with Gasteiger partial charge < -0.3 is 24.7 Å². The zero-order chi connectivity index (χ0) is 19.6. The Labute approximate surface area is 194 Å². The molecule has 7 nitrogen and oxygen atoms in total. The first-order valence-electron chi connectivity index (χ1n) is 10.3. The van der Waals surface area contributed by atoms with Crippen molar-refractivity contribution in [1.29, 1.82) is 0 Å². The van der Waals surface area contributed by atoms with Crippen LogP contribution in [0.5, 0.6) is 0 Å². The molecule has 1 aromatic heterocycles. The fraction of sp³-hybridized carbons (Fsp3) is 0.700. The number of carbonyl (C=O) groups excluding carboxylic acids is 1. The predicted molar refractivity (Wildman–Crippen MR) is 128 cm³/mol. The van der Waals surface area contributed by atoms with Gasteiger partial charge in [-0.1, -0.05) is 0 Å². The molecule has 3 heterocycles. The number of rotatable bonds is 7. The van der Waals surface area contributed by atoms with Crippen molar-refractivity contribution >= 4 is 47.8 Å². The third kappa shape index (κ3) is 8.27. The first-order chi connectivity index (χ1) is 13.7. The van der Waals surface area contributed by atoms with Crippen LogP contribution in [-0.4, -0.2) is 66.8 Å². The average Bonchev–Trinajstić information content (AvgIpc) is 3.41. The Morgan fingerprint density at radius 1 is 1.38 bits per heavy atom. The lowest BCUT2D eigenvalue weighted by Crippen LogP contribution is -2.50. The molecule has 1 aromatic rings. The highest BCUT2D eigenvalue weighted by Gasteiger charge is 2.24. The normalized spacial score (nSPS) is 20.2. The fourth-order valence-electron chi connectivity index (χ4n) is 3.51. The molecule has 2 aliphatic heterocycles. The third-order valence-electron chi connectivity index (χ3n) is 5.08. The smallest absolute Gasteiger partial charge is 0.409 e. The van der Waals surface area contributed by atoms with Crippen molar-refractivity contribution in [3.8, 4) is 0 Å². The minimum absolute atomic E-state index is 0. The number of amides is 1. The summed E-state index contributed by atoms with van der Waals surface area (Å²) in [6.45, 7) is 5.32. The number of thioether (sulfide) groups is 1. The van der Waals surface area contributed by atoms with Crippen LogP contribution in [0.2, 0.25) is 0 Å². The average molecular weight is 536 g/mol. The summed E-state index contributed by atoms with van der Waals surface area (Å²) in [6.07, 6.45) is 6.68. The predicted octanol–water partition coefficient (Wildman–Crippen LogP) is 3.49. The van der Waals surface area contributed by atoms with Gasteiger partial charge in [0.2, 0.25) is 0 Å². The second kappa shape index (κ2) is 13.3. The van der Waals surface area contributed by atoms with Crippen LogP contribution in [0.4, 0.5) is 4.79 Å². The lowest BCUT2D eigenvalue weighted by molar-refractivity contribution is 0.0963. The second-order valence-corrected chi connectivity index (χ2v) is 8.59. The maximum absolute atomic E-state index is 11.9. The van der Waals surface area contributed by atoms with Gasteiger partial charge in [0.15, 0.2) is 5.96 Å². The number of nitrogens with zero attached hydrogens (tertiary/aromatic N) is 2. The van der Waals surface area contributed by atoms with Crippen LogP contribution < -0.4 is 10.6 Å². The van der Waals surface area contributed by atoms with Crippen LogP contribution in [0.1, 0.15) is 38.4 Å². The lowest BCUT2D eigenvalue weighted by atomic mass is 10.1. The van der Waals surface area contributed by atoms with Crippen molar-refractivity contribution in [1.82, 2.24) is 15.5 Å². The summed E-state index contributed by atoms with van der Waals surface area (Å²) in [5.41, 5.74) is 0. The van der Waals surface area contributed by atoms with E-state index in [4.69, 9.17) is 14.1 Å². The summed E-state index contributed by atoms with van der Waals surface area (Å²) >= 11 is 2.02. The van der Waals surface area contributed by atoms with Crippen LogP contribution in [-0.2, 0) is 11.2 Å². The van der Waals surface area contributed by atoms with E-state index in [2.05, 4.69) is 10.6 Å². The van der Waals surface area contributed by atoms with Crippen molar-refractivity contribution in [3.63, 3.8) is 0 Å². The Balaban J connectivity index is 0.00000300. The zero-order valence-corrected chi connectivity index (χ0v) is 20.2. The molecule has 0 bridgehead atoms. The van der Waals surface area contributed by atoms with Crippen LogP contribution >= 0.6 is 35.7 Å². The number of furan rings is 1. The molecule has 0 aromatic carbocycles. The van der Waals surface area contributed by atoms with E-state index in [1.165, 1.54) is 18.6 Å². The molecule has 0 saturated carbocycles. The van der Waals surface area contributed by atoms with E-state index in [1.54, 1.807) is 11.2 Å². The summed E-state index contributed by atoms with van der Waals surface area (Å²) in [4.78, 5) is 18.5. The maximum atomic E-state index is 11.9. The van der Waals surface area contributed by atoms with Crippen LogP contribution in [0.15, 0.2) is 27.8 Å². The van der Waals surface area contributed by atoms with Crippen LogP contribution in [0.25, 0.3) is 0 Å². The molecule has 9 heteroatoms. The van der Waals surface area contributed by atoms with E-state index in [-0.39, 0.29) is 30.1 Å². The van der Waals surface area contributed by atoms with Gasteiger partial charge in [0.1, 0.15) is 5.76 Å². The lowest BCUT2D eigenvalue weighted by Gasteiger charge is -2.32. The monoisotopic (exact) mass is 536 g/mol. The molecule has 2 fully saturated rings. The number of ether oxygens (including phenoxy) is 1. The Morgan fingerprint density at radius 3 is 2.86 bits per heavy atom. The number of nitrogens with one attached hydrogen (secondary N) is 2. The highest BCUT2D eigenvalue weighted by molar-refractivity contribution is 14.0. The summed E-state index contributed by atoms with van der Waals surface area (Å²) < 4.78 is 10.5. The van der Waals surface area contributed by atoms with Gasteiger partial charge in [0.05, 0.1) is 19.4 Å². The molecule has 2 saturated heterocycles. The molecule has 1 amide bonds. The molecule has 0 radical (unpaired) electrons. The van der Waals surface area contributed by atoms with Crippen molar-refractivity contribution in [2.45, 2.75) is 50.3 Å². The van der Waals surface area contributed by atoms with E-state index in [1.807, 2.05) is 30.8 Å². The van der Waals surface area contributed by atoms with E-state index in [0.29, 0.717) is 31.0 Å². The number of hydrogen-bond acceptors (Lipinski definition) is 5. The number of piperidine rings is 1. The second-order valence-electron chi connectivity index (χ2n) is 7.19. The summed E-state index contributed by atoms with van der Waals surface area (Å²) in [7, 11) is 0. The van der Waals surface area contributed by atoms with E-state index >= 15 is 0 Å². The molecule has 1 atom stereocenters. The van der Waals surface area contributed by atoms with E-state index in [0.717, 1.165) is 44.1 Å². The SMILES string of the molecule is CCOC(=O)N1CCC(NC(=NCC2CCCS2)NCCc2ccco2)CC1.I. The topological polar surface area (TPSA) is 79.1 Å². The Hall–Kier alpha value is -1.10. The van der Waals surface area contributed by atoms with Gasteiger partial charge in [-0.3, -0.25) is 4.99 Å². The van der Waals surface area contributed by atoms with E-state index in [9.17, 15) is 4.79 Å². The van der Waals surface area contributed by atoms with Crippen molar-refractivity contribution in [3.05, 3.63) is 24.2 Å². The van der Waals surface area contributed by atoms with Gasteiger partial charge in [-0.2, -0.15) is 11.8 Å². The van der Waals surface area contributed by atoms with Gasteiger partial charge in [-0.25, -0.2) is 4.79 Å². The van der Waals surface area contributed by atoms with Crippen molar-refractivity contribution < 1.29 is 13.9 Å². The molecular formula is C20H33IN4O3S. The molecule has 1 unspecified atom stereocenters. The largest absolute Gasteiger partial charge is 0.469 e. The first-order valence-corrected chi connectivity index (χ1v) is 11.4. The van der Waals surface area contributed by atoms with Gasteiger partial charge in [0, 0.05) is 37.3 Å². The Kier molecular flexibility index (Phi) is 11.0. The number of halogens is 1. The maximum Gasteiger partial charge on any atom is 0.409 e. The van der Waals surface area contributed by atoms with Crippen LogP contribution in [0.3, 0.4) is 0 Å². The molecule has 2 N–H and O–H groups in total. The Bertz CT molecular complexity index is 615. The summed E-state index contributed by atoms with van der Waals surface area (Å²) in [5.74, 6) is 3.09.